The lowest BCUT2D eigenvalue weighted by molar-refractivity contribution is 0.0939. The molecule has 0 radical (unpaired) electrons. The van der Waals surface area contributed by atoms with Crippen LogP contribution in [-0.2, 0) is 0 Å². The van der Waals surface area contributed by atoms with Gasteiger partial charge in [0.05, 0.1) is 6.04 Å². The van der Waals surface area contributed by atoms with E-state index in [9.17, 15) is 4.79 Å². The summed E-state index contributed by atoms with van der Waals surface area (Å²) in [5, 5.41) is 3.08. The van der Waals surface area contributed by atoms with Crippen molar-refractivity contribution in [2.75, 3.05) is 0 Å². The molecular formula is C18H21NO. The summed E-state index contributed by atoms with van der Waals surface area (Å²) >= 11 is 0. The predicted octanol–water partition coefficient (Wildman–Crippen LogP) is 4.10. The van der Waals surface area contributed by atoms with Crippen molar-refractivity contribution in [2.24, 2.45) is 0 Å². The normalized spacial score (nSPS) is 12.0. The van der Waals surface area contributed by atoms with E-state index >= 15 is 0 Å². The van der Waals surface area contributed by atoms with Crippen LogP contribution in [0.5, 0.6) is 0 Å². The Morgan fingerprint density at radius 2 is 1.60 bits per heavy atom. The van der Waals surface area contributed by atoms with Gasteiger partial charge in [0.25, 0.3) is 5.91 Å². The summed E-state index contributed by atoms with van der Waals surface area (Å²) in [6, 6.07) is 14.0. The monoisotopic (exact) mass is 267 g/mol. The van der Waals surface area contributed by atoms with Crippen LogP contribution in [0.25, 0.3) is 0 Å². The highest BCUT2D eigenvalue weighted by atomic mass is 16.1. The zero-order valence-corrected chi connectivity index (χ0v) is 12.5. The third-order valence-electron chi connectivity index (χ3n) is 3.85. The molecule has 0 spiro atoms. The molecule has 0 saturated carbocycles. The number of amides is 1. The highest BCUT2D eigenvalue weighted by Crippen LogP contribution is 2.18. The Bertz CT molecular complexity index is 631. The third kappa shape index (κ3) is 2.90. The fraction of sp³-hybridized carbons (Fsp3) is 0.278. The van der Waals surface area contributed by atoms with Gasteiger partial charge in [0.2, 0.25) is 0 Å². The van der Waals surface area contributed by atoms with Crippen molar-refractivity contribution in [3.8, 4) is 0 Å². The average Bonchev–Trinajstić information content (AvgIpc) is 2.42. The van der Waals surface area contributed by atoms with Crippen LogP contribution in [0.3, 0.4) is 0 Å². The van der Waals surface area contributed by atoms with Crippen LogP contribution < -0.4 is 5.32 Å². The molecular weight excluding hydrogens is 246 g/mol. The highest BCUT2D eigenvalue weighted by molar-refractivity contribution is 5.96. The number of carbonyl (C=O) groups is 1. The molecule has 104 valence electrons. The molecule has 0 aliphatic rings. The maximum Gasteiger partial charge on any atom is 0.252 e. The number of hydrogen-bond donors (Lipinski definition) is 1. The van der Waals surface area contributed by atoms with Crippen LogP contribution in [-0.4, -0.2) is 5.91 Å². The minimum Gasteiger partial charge on any atom is -0.345 e. The fourth-order valence-electron chi connectivity index (χ4n) is 2.42. The van der Waals surface area contributed by atoms with Crippen molar-refractivity contribution >= 4 is 5.91 Å². The van der Waals surface area contributed by atoms with E-state index in [4.69, 9.17) is 0 Å². The maximum absolute atomic E-state index is 12.4. The van der Waals surface area contributed by atoms with E-state index in [1.165, 1.54) is 5.56 Å². The summed E-state index contributed by atoms with van der Waals surface area (Å²) in [6.45, 7) is 8.10. The molecule has 2 rings (SSSR count). The minimum absolute atomic E-state index is 0.00334. The summed E-state index contributed by atoms with van der Waals surface area (Å²) in [5.74, 6) is -0.0121. The molecule has 0 saturated heterocycles. The predicted molar refractivity (Wildman–Crippen MR) is 83.0 cm³/mol. The molecule has 1 atom stereocenters. The number of rotatable bonds is 3. The van der Waals surface area contributed by atoms with Gasteiger partial charge >= 0.3 is 0 Å². The van der Waals surface area contributed by atoms with Gasteiger partial charge in [0, 0.05) is 5.56 Å². The first kappa shape index (κ1) is 14.3. The van der Waals surface area contributed by atoms with E-state index in [0.717, 1.165) is 22.3 Å². The Morgan fingerprint density at radius 3 is 2.30 bits per heavy atom. The lowest BCUT2D eigenvalue weighted by atomic mass is 10.0. The van der Waals surface area contributed by atoms with Gasteiger partial charge in [-0.05, 0) is 56.0 Å². The maximum atomic E-state index is 12.4. The van der Waals surface area contributed by atoms with Crippen LogP contribution in [0.15, 0.2) is 42.5 Å². The SMILES string of the molecule is Cc1ccccc1C(C)NC(=O)c1cccc(C)c1C. The smallest absolute Gasteiger partial charge is 0.252 e. The summed E-state index contributed by atoms with van der Waals surface area (Å²) < 4.78 is 0. The van der Waals surface area contributed by atoms with Gasteiger partial charge < -0.3 is 5.32 Å². The Hall–Kier alpha value is -2.09. The molecule has 0 bridgehead atoms. The Morgan fingerprint density at radius 1 is 0.950 bits per heavy atom. The van der Waals surface area contributed by atoms with Gasteiger partial charge in [-0.15, -0.1) is 0 Å². The largest absolute Gasteiger partial charge is 0.345 e. The Kier molecular flexibility index (Phi) is 4.23. The second-order valence-corrected chi connectivity index (χ2v) is 5.30. The fourth-order valence-corrected chi connectivity index (χ4v) is 2.42. The van der Waals surface area contributed by atoms with Crippen molar-refractivity contribution < 1.29 is 4.79 Å². The molecule has 0 fully saturated rings. The molecule has 1 unspecified atom stereocenters. The van der Waals surface area contributed by atoms with E-state index in [2.05, 4.69) is 24.4 Å². The van der Waals surface area contributed by atoms with Crippen LogP contribution in [0.1, 0.15) is 45.6 Å². The second kappa shape index (κ2) is 5.91. The van der Waals surface area contributed by atoms with Gasteiger partial charge in [-0.1, -0.05) is 36.4 Å². The van der Waals surface area contributed by atoms with E-state index in [0.29, 0.717) is 0 Å². The summed E-state index contributed by atoms with van der Waals surface area (Å²) in [6.07, 6.45) is 0. The van der Waals surface area contributed by atoms with Crippen LogP contribution in [0, 0.1) is 20.8 Å². The molecule has 1 N–H and O–H groups in total. The zero-order chi connectivity index (χ0) is 14.7. The van der Waals surface area contributed by atoms with Crippen LogP contribution in [0.4, 0.5) is 0 Å². The number of benzene rings is 2. The molecule has 0 aliphatic heterocycles. The average molecular weight is 267 g/mol. The number of carbonyl (C=O) groups excluding carboxylic acids is 1. The minimum atomic E-state index is -0.0121. The Labute approximate surface area is 120 Å². The van der Waals surface area contributed by atoms with Gasteiger partial charge in [0.15, 0.2) is 0 Å². The molecule has 0 heterocycles. The summed E-state index contributed by atoms with van der Waals surface area (Å²) in [4.78, 5) is 12.4. The molecule has 0 aromatic heterocycles. The van der Waals surface area contributed by atoms with Crippen LogP contribution >= 0.6 is 0 Å². The van der Waals surface area contributed by atoms with Crippen molar-refractivity contribution in [3.05, 3.63) is 70.3 Å². The molecule has 2 nitrogen and oxygen atoms in total. The lowest BCUT2D eigenvalue weighted by Gasteiger charge is -2.17. The van der Waals surface area contributed by atoms with Crippen molar-refractivity contribution in [2.45, 2.75) is 33.7 Å². The van der Waals surface area contributed by atoms with E-state index in [1.54, 1.807) is 0 Å². The van der Waals surface area contributed by atoms with Crippen LogP contribution in [0.2, 0.25) is 0 Å². The zero-order valence-electron chi connectivity index (χ0n) is 12.5. The van der Waals surface area contributed by atoms with Gasteiger partial charge in [-0.2, -0.15) is 0 Å². The highest BCUT2D eigenvalue weighted by Gasteiger charge is 2.14. The van der Waals surface area contributed by atoms with Gasteiger partial charge in [0.1, 0.15) is 0 Å². The number of aryl methyl sites for hydroxylation is 2. The molecule has 2 heteroatoms. The molecule has 2 aromatic rings. The van der Waals surface area contributed by atoms with Crippen molar-refractivity contribution in [1.29, 1.82) is 0 Å². The number of hydrogen-bond acceptors (Lipinski definition) is 1. The summed E-state index contributed by atoms with van der Waals surface area (Å²) in [7, 11) is 0. The van der Waals surface area contributed by atoms with E-state index in [-0.39, 0.29) is 11.9 Å². The number of nitrogens with one attached hydrogen (secondary N) is 1. The topological polar surface area (TPSA) is 29.1 Å². The quantitative estimate of drug-likeness (QED) is 0.891. The molecule has 20 heavy (non-hydrogen) atoms. The molecule has 0 aliphatic carbocycles. The van der Waals surface area contributed by atoms with Gasteiger partial charge in [-0.25, -0.2) is 0 Å². The van der Waals surface area contributed by atoms with Gasteiger partial charge in [-0.3, -0.25) is 4.79 Å². The lowest BCUT2D eigenvalue weighted by Crippen LogP contribution is -2.27. The molecule has 2 aromatic carbocycles. The summed E-state index contributed by atoms with van der Waals surface area (Å²) in [5.41, 5.74) is 5.29. The van der Waals surface area contributed by atoms with Crippen molar-refractivity contribution in [3.63, 3.8) is 0 Å². The van der Waals surface area contributed by atoms with E-state index < -0.39 is 0 Å². The first-order valence-electron chi connectivity index (χ1n) is 6.93. The standard InChI is InChI=1S/C18H21NO/c1-12-9-7-11-17(14(12)3)18(20)19-15(4)16-10-6-5-8-13(16)2/h5-11,15H,1-4H3,(H,19,20). The first-order valence-corrected chi connectivity index (χ1v) is 6.93. The second-order valence-electron chi connectivity index (χ2n) is 5.30. The van der Waals surface area contributed by atoms with E-state index in [1.807, 2.05) is 51.1 Å². The third-order valence-corrected chi connectivity index (χ3v) is 3.85. The molecule has 1 amide bonds. The first-order chi connectivity index (χ1) is 9.50. The Balaban J connectivity index is 2.20. The van der Waals surface area contributed by atoms with Crippen molar-refractivity contribution in [1.82, 2.24) is 5.32 Å².